The first-order valence-electron chi connectivity index (χ1n) is 13.1. The van der Waals surface area contributed by atoms with Crippen molar-refractivity contribution < 1.29 is 29.1 Å². The van der Waals surface area contributed by atoms with Gasteiger partial charge >= 0.3 is 5.97 Å². The predicted molar refractivity (Wildman–Crippen MR) is 150 cm³/mol. The highest BCUT2D eigenvalue weighted by molar-refractivity contribution is 6.11. The lowest BCUT2D eigenvalue weighted by Crippen LogP contribution is -2.73. The summed E-state index contributed by atoms with van der Waals surface area (Å²) in [5, 5.41) is 20.8. The van der Waals surface area contributed by atoms with Crippen molar-refractivity contribution in [2.24, 2.45) is 11.5 Å². The average molecular weight is 566 g/mol. The number of carbonyl (C=O) groups excluding carboxylic acids is 4. The number of carboxylic acid groups (broad SMARTS) is 1. The molecule has 41 heavy (non-hydrogen) atoms. The topological polar surface area (TPSA) is 212 Å². The van der Waals surface area contributed by atoms with Crippen molar-refractivity contribution in [1.29, 1.82) is 5.41 Å². The van der Waals surface area contributed by atoms with Crippen molar-refractivity contribution >= 4 is 35.3 Å². The number of Topliss-reactive ketones (excluding diaryl/α,β-unsaturated/α-hetero) is 1. The molecule has 0 aliphatic carbocycles. The number of hydrogen-bond acceptors (Lipinski definition) is 8. The van der Waals surface area contributed by atoms with Crippen LogP contribution in [-0.4, -0.2) is 88.6 Å². The van der Waals surface area contributed by atoms with Crippen molar-refractivity contribution in [3.63, 3.8) is 0 Å². The third-order valence-electron chi connectivity index (χ3n) is 6.95. The van der Waals surface area contributed by atoms with Crippen molar-refractivity contribution in [2.45, 2.75) is 31.7 Å². The van der Waals surface area contributed by atoms with Gasteiger partial charge in [-0.2, -0.15) is 5.01 Å². The highest BCUT2D eigenvalue weighted by atomic mass is 16.4. The zero-order valence-electron chi connectivity index (χ0n) is 22.8. The van der Waals surface area contributed by atoms with E-state index in [9.17, 15) is 29.1 Å². The summed E-state index contributed by atoms with van der Waals surface area (Å²) in [5.41, 5.74) is 13.9. The van der Waals surface area contributed by atoms with E-state index in [1.54, 1.807) is 36.4 Å². The summed E-state index contributed by atoms with van der Waals surface area (Å²) in [6, 6.07) is 12.9. The number of amidine groups is 1. The molecule has 13 nitrogen and oxygen atoms in total. The lowest BCUT2D eigenvalue weighted by molar-refractivity contribution is -0.165. The molecule has 2 aromatic rings. The van der Waals surface area contributed by atoms with Crippen LogP contribution in [0.4, 0.5) is 0 Å². The van der Waals surface area contributed by atoms with Gasteiger partial charge in [-0.05, 0) is 62.6 Å². The minimum atomic E-state index is -1.86. The number of nitrogens with two attached hydrogens (primary N) is 2. The maximum atomic E-state index is 13.6. The Hall–Kier alpha value is -4.62. The first-order valence-corrected chi connectivity index (χ1v) is 13.1. The minimum absolute atomic E-state index is 0.0110. The molecule has 1 aliphatic rings. The molecular weight excluding hydrogens is 530 g/mol. The molecule has 1 atom stereocenters. The molecule has 218 valence electrons. The van der Waals surface area contributed by atoms with Crippen LogP contribution in [0.5, 0.6) is 0 Å². The fraction of sp³-hybridized carbons (Fsp3) is 0.357. The number of aliphatic carboxylic acids is 1. The van der Waals surface area contributed by atoms with Gasteiger partial charge in [0.2, 0.25) is 0 Å². The highest BCUT2D eigenvalue weighted by Gasteiger charge is 2.53. The van der Waals surface area contributed by atoms with E-state index in [4.69, 9.17) is 16.9 Å². The second kappa shape index (κ2) is 13.6. The molecule has 1 heterocycles. The van der Waals surface area contributed by atoms with Gasteiger partial charge in [0.25, 0.3) is 17.7 Å². The van der Waals surface area contributed by atoms with E-state index in [1.807, 2.05) is 0 Å². The molecule has 2 aromatic carbocycles. The maximum Gasteiger partial charge on any atom is 0.323 e. The van der Waals surface area contributed by atoms with E-state index in [2.05, 4.69) is 10.7 Å². The Labute approximate surface area is 237 Å². The number of piperazine rings is 1. The van der Waals surface area contributed by atoms with Crippen LogP contribution in [0.3, 0.4) is 0 Å². The number of nitrogens with one attached hydrogen (secondary N) is 3. The molecule has 0 aromatic heterocycles. The molecular formula is C28H35N7O6. The van der Waals surface area contributed by atoms with Crippen LogP contribution in [0, 0.1) is 5.41 Å². The van der Waals surface area contributed by atoms with Gasteiger partial charge in [-0.1, -0.05) is 24.3 Å². The summed E-state index contributed by atoms with van der Waals surface area (Å²) in [4.78, 5) is 64.9. The van der Waals surface area contributed by atoms with E-state index >= 15 is 0 Å². The van der Waals surface area contributed by atoms with Crippen LogP contribution in [0.25, 0.3) is 0 Å². The number of hydrazine groups is 1. The van der Waals surface area contributed by atoms with Crippen LogP contribution in [0.15, 0.2) is 48.5 Å². The zero-order valence-corrected chi connectivity index (χ0v) is 22.8. The highest BCUT2D eigenvalue weighted by Crippen LogP contribution is 2.28. The van der Waals surface area contributed by atoms with E-state index < -0.39 is 41.6 Å². The number of benzene rings is 2. The normalized spacial score (nSPS) is 17.1. The molecule has 8 N–H and O–H groups in total. The van der Waals surface area contributed by atoms with Gasteiger partial charge in [0.05, 0.1) is 0 Å². The van der Waals surface area contributed by atoms with Crippen molar-refractivity contribution in [3.05, 3.63) is 70.8 Å². The van der Waals surface area contributed by atoms with Gasteiger partial charge < -0.3 is 26.8 Å². The zero-order chi connectivity index (χ0) is 30.2. The summed E-state index contributed by atoms with van der Waals surface area (Å²) in [5.74, 6) is -3.58. The maximum absolute atomic E-state index is 13.6. The molecule has 1 aliphatic heterocycles. The molecule has 13 heteroatoms. The molecule has 3 rings (SSSR count). The predicted octanol–water partition coefficient (Wildman–Crippen LogP) is -0.117. The third-order valence-corrected chi connectivity index (χ3v) is 6.95. The number of amides is 3. The monoisotopic (exact) mass is 565 g/mol. The Morgan fingerprint density at radius 3 is 2.12 bits per heavy atom. The molecule has 0 spiro atoms. The fourth-order valence-corrected chi connectivity index (χ4v) is 4.74. The van der Waals surface area contributed by atoms with E-state index in [0.717, 1.165) is 10.5 Å². The summed E-state index contributed by atoms with van der Waals surface area (Å²) in [6.07, 6.45) is 0.732. The van der Waals surface area contributed by atoms with Crippen LogP contribution < -0.4 is 22.2 Å². The van der Waals surface area contributed by atoms with Gasteiger partial charge in [-0.25, -0.2) is 0 Å². The number of nitrogens with zero attached hydrogens (tertiary/aromatic N) is 2. The lowest BCUT2D eigenvalue weighted by Gasteiger charge is -2.47. The van der Waals surface area contributed by atoms with Crippen LogP contribution >= 0.6 is 0 Å². The largest absolute Gasteiger partial charge is 0.480 e. The van der Waals surface area contributed by atoms with E-state index in [1.165, 1.54) is 24.1 Å². The number of carboxylic acids is 1. The third kappa shape index (κ3) is 7.32. The number of rotatable bonds is 13. The number of hydrogen-bond donors (Lipinski definition) is 6. The molecule has 0 saturated carbocycles. The molecule has 3 amide bonds. The fourth-order valence-electron chi connectivity index (χ4n) is 4.74. The second-order valence-electron chi connectivity index (χ2n) is 9.72. The van der Waals surface area contributed by atoms with Crippen molar-refractivity contribution in [1.82, 2.24) is 20.7 Å². The number of ketones is 1. The Morgan fingerprint density at radius 2 is 1.56 bits per heavy atom. The Balaban J connectivity index is 1.77. The number of nitrogen functional groups attached to an aromatic ring is 1. The Kier molecular flexibility index (Phi) is 10.3. The Morgan fingerprint density at radius 1 is 0.976 bits per heavy atom. The quantitative estimate of drug-likeness (QED) is 0.0826. The summed E-state index contributed by atoms with van der Waals surface area (Å²) < 4.78 is 0. The summed E-state index contributed by atoms with van der Waals surface area (Å²) in [6.45, 7) is 1.19. The van der Waals surface area contributed by atoms with Gasteiger partial charge in [0.15, 0.2) is 11.3 Å². The second-order valence-corrected chi connectivity index (χ2v) is 9.72. The number of carbonyl (C=O) groups is 5. The SMILES string of the molecule is CC(=O)[C@@]1(CCCNC(=O)c2ccc(C(=N)N)cc2)C(=O)N(CC(=O)O)CCN1NC(=O)c1ccc(CCN)cc1. The van der Waals surface area contributed by atoms with E-state index in [0.29, 0.717) is 29.7 Å². The van der Waals surface area contributed by atoms with E-state index in [-0.39, 0.29) is 38.3 Å². The summed E-state index contributed by atoms with van der Waals surface area (Å²) in [7, 11) is 0. The average Bonchev–Trinajstić information content (AvgIpc) is 2.94. The van der Waals surface area contributed by atoms with Crippen LogP contribution in [-0.2, 0) is 20.8 Å². The van der Waals surface area contributed by atoms with Gasteiger partial charge in [0, 0.05) is 36.3 Å². The Bertz CT molecular complexity index is 1310. The smallest absolute Gasteiger partial charge is 0.323 e. The molecule has 0 radical (unpaired) electrons. The first-order chi connectivity index (χ1) is 19.5. The van der Waals surface area contributed by atoms with Gasteiger partial charge in [0.1, 0.15) is 12.4 Å². The lowest BCUT2D eigenvalue weighted by atomic mass is 9.84. The minimum Gasteiger partial charge on any atom is -0.480 e. The standard InChI is InChI=1S/C28H35N7O6/c1-18(36)28(12-2-14-32-25(39)21-9-7-20(8-10-21)24(30)31)27(41)34(17-23(37)38)15-16-35(28)33-26(40)22-5-3-19(4-6-22)11-13-29/h3-10H,2,11-17,29H2,1H3,(H3,30,31)(H,32,39)(H,33,40)(H,37,38)/t28-/m0/s1. The van der Waals surface area contributed by atoms with Gasteiger partial charge in [-0.3, -0.25) is 34.8 Å². The molecule has 1 fully saturated rings. The van der Waals surface area contributed by atoms with Crippen molar-refractivity contribution in [3.8, 4) is 0 Å². The van der Waals surface area contributed by atoms with Crippen molar-refractivity contribution in [2.75, 3.05) is 32.7 Å². The van der Waals surface area contributed by atoms with Crippen LogP contribution in [0.1, 0.15) is 51.6 Å². The molecule has 0 bridgehead atoms. The molecule has 1 saturated heterocycles. The van der Waals surface area contributed by atoms with Gasteiger partial charge in [-0.15, -0.1) is 0 Å². The van der Waals surface area contributed by atoms with Crippen LogP contribution in [0.2, 0.25) is 0 Å². The molecule has 0 unspecified atom stereocenters. The summed E-state index contributed by atoms with van der Waals surface area (Å²) >= 11 is 0. The first kappa shape index (κ1) is 30.9.